The number of carbonyl (C=O) groups is 1. The van der Waals surface area contributed by atoms with E-state index in [1.165, 1.54) is 0 Å². The molecule has 0 aliphatic carbocycles. The van der Waals surface area contributed by atoms with Crippen LogP contribution in [0.5, 0.6) is 0 Å². The number of rotatable bonds is 9. The Morgan fingerprint density at radius 2 is 1.58 bits per heavy atom. The smallest absolute Gasteiger partial charge is 0.323 e. The molecule has 4 nitrogen and oxygen atoms in total. The zero-order chi connectivity index (χ0) is 15.2. The summed E-state index contributed by atoms with van der Waals surface area (Å²) in [5.74, 6) is 1.27. The van der Waals surface area contributed by atoms with E-state index in [4.69, 9.17) is 21.4 Å². The molecule has 0 heterocycles. The topological polar surface area (TPSA) is 74.6 Å². The third kappa shape index (κ3) is 7.45. The van der Waals surface area contributed by atoms with E-state index in [1.54, 1.807) is 0 Å². The van der Waals surface area contributed by atoms with Gasteiger partial charge in [0.25, 0.3) is 0 Å². The minimum atomic E-state index is -4.50. The molecule has 0 spiro atoms. The van der Waals surface area contributed by atoms with Gasteiger partial charge < -0.3 is 9.79 Å². The van der Waals surface area contributed by atoms with Crippen molar-refractivity contribution in [2.45, 2.75) is 58.5 Å². The summed E-state index contributed by atoms with van der Waals surface area (Å²) in [6.07, 6.45) is 2.70. The second-order valence-corrected chi connectivity index (χ2v) is 8.22. The molecule has 2 N–H and O–H groups in total. The van der Waals surface area contributed by atoms with E-state index in [0.717, 1.165) is 12.8 Å². The second-order valence-electron chi connectivity index (χ2n) is 5.79. The van der Waals surface area contributed by atoms with Crippen molar-refractivity contribution in [2.75, 3.05) is 0 Å². The van der Waals surface area contributed by atoms with Crippen molar-refractivity contribution >= 4 is 25.0 Å². The Balaban J connectivity index is 4.05. The molecule has 0 aliphatic heterocycles. The molecule has 1 atom stereocenters. The molecular formula is C13H26ClO4P. The van der Waals surface area contributed by atoms with E-state index in [0.29, 0.717) is 24.2 Å². The lowest BCUT2D eigenvalue weighted by molar-refractivity contribution is -0.117. The van der Waals surface area contributed by atoms with Crippen molar-refractivity contribution < 1.29 is 19.1 Å². The summed E-state index contributed by atoms with van der Waals surface area (Å²) in [5, 5.41) is -1.68. The van der Waals surface area contributed by atoms with Gasteiger partial charge in [0.2, 0.25) is 0 Å². The minimum Gasteiger partial charge on any atom is -0.323 e. The highest BCUT2D eigenvalue weighted by molar-refractivity contribution is 7.55. The fraction of sp³-hybridized carbons (Fsp3) is 0.923. The number of hydrogen-bond acceptors (Lipinski definition) is 2. The van der Waals surface area contributed by atoms with Crippen molar-refractivity contribution in [3.63, 3.8) is 0 Å². The van der Waals surface area contributed by atoms with E-state index in [2.05, 4.69) is 27.7 Å². The average Bonchev–Trinajstić information content (AvgIpc) is 2.24. The Hall–Kier alpha value is 0.110. The van der Waals surface area contributed by atoms with Gasteiger partial charge in [0, 0.05) is 6.42 Å². The fourth-order valence-electron chi connectivity index (χ4n) is 2.42. The second kappa shape index (κ2) is 8.41. The van der Waals surface area contributed by atoms with Crippen LogP contribution >= 0.6 is 19.2 Å². The van der Waals surface area contributed by atoms with E-state index in [-0.39, 0.29) is 6.42 Å². The van der Waals surface area contributed by atoms with E-state index < -0.39 is 18.5 Å². The van der Waals surface area contributed by atoms with E-state index in [9.17, 15) is 9.36 Å². The van der Waals surface area contributed by atoms with Crippen LogP contribution in [0.2, 0.25) is 0 Å². The lowest BCUT2D eigenvalue weighted by Gasteiger charge is -2.24. The lowest BCUT2D eigenvalue weighted by atomic mass is 9.82. The first kappa shape index (κ1) is 19.1. The van der Waals surface area contributed by atoms with Gasteiger partial charge in [0.15, 0.2) is 10.9 Å². The summed E-state index contributed by atoms with van der Waals surface area (Å²) in [7, 11) is -4.50. The fourth-order valence-corrected chi connectivity index (χ4v) is 3.04. The van der Waals surface area contributed by atoms with Crippen LogP contribution in [0.3, 0.4) is 0 Å². The van der Waals surface area contributed by atoms with Crippen LogP contribution in [0.25, 0.3) is 0 Å². The lowest BCUT2D eigenvalue weighted by Crippen LogP contribution is -2.17. The summed E-state index contributed by atoms with van der Waals surface area (Å²) in [6.45, 7) is 8.77. The summed E-state index contributed by atoms with van der Waals surface area (Å²) in [6, 6.07) is 0. The first-order valence-electron chi connectivity index (χ1n) is 6.79. The van der Waals surface area contributed by atoms with Gasteiger partial charge in [0.05, 0.1) is 0 Å². The van der Waals surface area contributed by atoms with Gasteiger partial charge >= 0.3 is 7.60 Å². The summed E-state index contributed by atoms with van der Waals surface area (Å²) >= 11 is 5.44. The van der Waals surface area contributed by atoms with E-state index >= 15 is 0 Å². The number of halogens is 1. The Labute approximate surface area is 121 Å². The van der Waals surface area contributed by atoms with Gasteiger partial charge in [-0.05, 0) is 30.6 Å². The molecule has 114 valence electrons. The predicted octanol–water partition coefficient (Wildman–Crippen LogP) is 3.79. The SMILES string of the molecule is CC(C)C(CCCCC(=O)C(Cl)P(=O)(O)O)C(C)C. The van der Waals surface area contributed by atoms with Crippen molar-refractivity contribution in [3.05, 3.63) is 0 Å². The molecule has 0 amide bonds. The molecule has 0 saturated heterocycles. The van der Waals surface area contributed by atoms with Gasteiger partial charge in [0.1, 0.15) is 0 Å². The van der Waals surface area contributed by atoms with E-state index in [1.807, 2.05) is 0 Å². The molecule has 0 aromatic heterocycles. The molecule has 0 aliphatic rings. The van der Waals surface area contributed by atoms with Gasteiger partial charge in [-0.1, -0.05) is 34.1 Å². The summed E-state index contributed by atoms with van der Waals surface area (Å²) in [5.41, 5.74) is 0. The molecule has 0 aromatic rings. The van der Waals surface area contributed by atoms with Crippen LogP contribution in [0.1, 0.15) is 53.4 Å². The number of Topliss-reactive ketones (excluding diaryl/α,β-unsaturated/α-hetero) is 1. The maximum absolute atomic E-state index is 11.5. The monoisotopic (exact) mass is 312 g/mol. The first-order valence-corrected chi connectivity index (χ1v) is 8.91. The number of ketones is 1. The van der Waals surface area contributed by atoms with Crippen molar-refractivity contribution in [1.82, 2.24) is 0 Å². The minimum absolute atomic E-state index is 0.141. The molecule has 0 saturated carbocycles. The zero-order valence-electron chi connectivity index (χ0n) is 12.2. The van der Waals surface area contributed by atoms with Crippen molar-refractivity contribution in [1.29, 1.82) is 0 Å². The van der Waals surface area contributed by atoms with Crippen LogP contribution in [-0.4, -0.2) is 20.7 Å². The van der Waals surface area contributed by atoms with Crippen molar-refractivity contribution in [3.8, 4) is 0 Å². The zero-order valence-corrected chi connectivity index (χ0v) is 13.8. The van der Waals surface area contributed by atoms with Crippen LogP contribution < -0.4 is 0 Å². The van der Waals surface area contributed by atoms with Gasteiger partial charge in [-0.2, -0.15) is 0 Å². The maximum Gasteiger partial charge on any atom is 0.350 e. The number of alkyl halides is 1. The van der Waals surface area contributed by atoms with Crippen LogP contribution in [0.15, 0.2) is 0 Å². The Kier molecular flexibility index (Phi) is 8.46. The molecule has 0 rings (SSSR count). The predicted molar refractivity (Wildman–Crippen MR) is 78.3 cm³/mol. The highest BCUT2D eigenvalue weighted by Gasteiger charge is 2.32. The largest absolute Gasteiger partial charge is 0.350 e. The highest BCUT2D eigenvalue weighted by Crippen LogP contribution is 2.44. The number of hydrogen-bond donors (Lipinski definition) is 2. The average molecular weight is 313 g/mol. The summed E-state index contributed by atoms with van der Waals surface area (Å²) < 4.78 is 10.8. The molecule has 19 heavy (non-hydrogen) atoms. The number of carbonyl (C=O) groups excluding carboxylic acids is 1. The van der Waals surface area contributed by atoms with Crippen LogP contribution in [0, 0.1) is 17.8 Å². The standard InChI is InChI=1S/C13H26ClO4P/c1-9(2)11(10(3)4)7-5-6-8-12(15)13(14)19(16,17)18/h9-11,13H,5-8H2,1-4H3,(H2,16,17,18). The highest BCUT2D eigenvalue weighted by atomic mass is 35.5. The maximum atomic E-state index is 11.5. The van der Waals surface area contributed by atoms with Gasteiger partial charge in [-0.3, -0.25) is 9.36 Å². The quantitative estimate of drug-likeness (QED) is 0.386. The third-order valence-corrected chi connectivity index (χ3v) is 5.37. The Morgan fingerprint density at radius 1 is 1.11 bits per heavy atom. The Bertz CT molecular complexity index is 317. The summed E-state index contributed by atoms with van der Waals surface area (Å²) in [4.78, 5) is 29.1. The normalized spacial score (nSPS) is 14.4. The molecule has 0 fully saturated rings. The molecule has 0 bridgehead atoms. The Morgan fingerprint density at radius 3 is 1.95 bits per heavy atom. The molecule has 0 aromatic carbocycles. The first-order chi connectivity index (χ1) is 8.57. The van der Waals surface area contributed by atoms with Crippen molar-refractivity contribution in [2.24, 2.45) is 17.8 Å². The molecule has 6 heteroatoms. The van der Waals surface area contributed by atoms with Crippen LogP contribution in [0.4, 0.5) is 0 Å². The van der Waals surface area contributed by atoms with Gasteiger partial charge in [-0.25, -0.2) is 0 Å². The third-order valence-electron chi connectivity index (χ3n) is 3.48. The molecule has 1 unspecified atom stereocenters. The van der Waals surface area contributed by atoms with Gasteiger partial charge in [-0.15, -0.1) is 11.6 Å². The molecule has 0 radical (unpaired) electrons. The van der Waals surface area contributed by atoms with Crippen LogP contribution in [-0.2, 0) is 9.36 Å². The number of unbranched alkanes of at least 4 members (excludes halogenated alkanes) is 1. The molecular weight excluding hydrogens is 287 g/mol.